The monoisotopic (exact) mass is 451 g/mol. The van der Waals surface area contributed by atoms with E-state index in [1.165, 1.54) is 0 Å². The van der Waals surface area contributed by atoms with Crippen molar-refractivity contribution in [1.82, 2.24) is 10.1 Å². The number of carbonyl (C=O) groups excluding carboxylic acids is 1. The van der Waals surface area contributed by atoms with Crippen molar-refractivity contribution in [2.75, 3.05) is 12.4 Å². The Balaban J connectivity index is 1.43. The molecule has 5 rings (SSSR count). The molecule has 0 unspecified atom stereocenters. The molecule has 0 aliphatic carbocycles. The summed E-state index contributed by atoms with van der Waals surface area (Å²) in [6.07, 6.45) is 0. The Morgan fingerprint density at radius 2 is 1.59 bits per heavy atom. The van der Waals surface area contributed by atoms with Crippen molar-refractivity contribution >= 4 is 22.4 Å². The number of nitrogens with one attached hydrogen (secondary N) is 1. The third kappa shape index (κ3) is 4.45. The summed E-state index contributed by atoms with van der Waals surface area (Å²) in [5.74, 6) is 1.44. The SMILES string of the molecule is COc1ccccc1NC(=O)c1cc2ccccc2cc1OCc1nc(-c2ccccc2)no1. The first-order valence-corrected chi connectivity index (χ1v) is 10.7. The van der Waals surface area contributed by atoms with Crippen LogP contribution in [0.2, 0.25) is 0 Å². The lowest BCUT2D eigenvalue weighted by Crippen LogP contribution is -2.14. The van der Waals surface area contributed by atoms with Gasteiger partial charge in [-0.3, -0.25) is 4.79 Å². The molecule has 34 heavy (non-hydrogen) atoms. The molecule has 0 fully saturated rings. The number of para-hydroxylation sites is 2. The molecule has 0 aliphatic heterocycles. The second kappa shape index (κ2) is 9.46. The molecule has 0 spiro atoms. The van der Waals surface area contributed by atoms with Crippen molar-refractivity contribution in [1.29, 1.82) is 0 Å². The second-order valence-electron chi connectivity index (χ2n) is 7.52. The maximum Gasteiger partial charge on any atom is 0.264 e. The highest BCUT2D eigenvalue weighted by Crippen LogP contribution is 2.30. The minimum atomic E-state index is -0.319. The Labute approximate surface area is 196 Å². The average Bonchev–Trinajstić information content (AvgIpc) is 3.37. The molecular formula is C27H21N3O4. The van der Waals surface area contributed by atoms with Crippen LogP contribution in [-0.2, 0) is 6.61 Å². The second-order valence-corrected chi connectivity index (χ2v) is 7.52. The maximum absolute atomic E-state index is 13.2. The first-order valence-electron chi connectivity index (χ1n) is 10.7. The molecule has 0 atom stereocenters. The molecule has 0 saturated heterocycles. The molecule has 0 saturated carbocycles. The van der Waals surface area contributed by atoms with E-state index in [-0.39, 0.29) is 12.5 Å². The van der Waals surface area contributed by atoms with Crippen LogP contribution in [0.3, 0.4) is 0 Å². The highest BCUT2D eigenvalue weighted by molar-refractivity contribution is 6.09. The molecular weight excluding hydrogens is 430 g/mol. The first-order chi connectivity index (χ1) is 16.7. The number of amides is 1. The van der Waals surface area contributed by atoms with Gasteiger partial charge in [0.2, 0.25) is 5.82 Å². The number of methoxy groups -OCH3 is 1. The predicted octanol–water partition coefficient (Wildman–Crippen LogP) is 5.73. The van der Waals surface area contributed by atoms with Gasteiger partial charge in [-0.05, 0) is 35.0 Å². The van der Waals surface area contributed by atoms with E-state index in [2.05, 4.69) is 15.5 Å². The Kier molecular flexibility index (Phi) is 5.90. The van der Waals surface area contributed by atoms with Gasteiger partial charge in [0.15, 0.2) is 6.61 Å². The summed E-state index contributed by atoms with van der Waals surface area (Å²) in [5, 5.41) is 8.80. The highest BCUT2D eigenvalue weighted by Gasteiger charge is 2.17. The summed E-state index contributed by atoms with van der Waals surface area (Å²) >= 11 is 0. The summed E-state index contributed by atoms with van der Waals surface area (Å²) in [5.41, 5.74) is 1.80. The van der Waals surface area contributed by atoms with Gasteiger partial charge in [0, 0.05) is 5.56 Å². The number of benzene rings is 4. The number of aromatic nitrogens is 2. The van der Waals surface area contributed by atoms with Crippen LogP contribution in [0.25, 0.3) is 22.2 Å². The molecule has 168 valence electrons. The van der Waals surface area contributed by atoms with Gasteiger partial charge in [0.05, 0.1) is 18.4 Å². The number of hydrogen-bond acceptors (Lipinski definition) is 6. The molecule has 0 bridgehead atoms. The zero-order chi connectivity index (χ0) is 23.3. The average molecular weight is 451 g/mol. The van der Waals surface area contributed by atoms with Gasteiger partial charge in [-0.15, -0.1) is 0 Å². The fourth-order valence-electron chi connectivity index (χ4n) is 3.61. The lowest BCUT2D eigenvalue weighted by molar-refractivity contribution is 0.102. The summed E-state index contributed by atoms with van der Waals surface area (Å²) < 4.78 is 16.7. The Bertz CT molecular complexity index is 1450. The lowest BCUT2D eigenvalue weighted by atomic mass is 10.1. The van der Waals surface area contributed by atoms with E-state index >= 15 is 0 Å². The van der Waals surface area contributed by atoms with Crippen molar-refractivity contribution in [2.24, 2.45) is 0 Å². The number of nitrogens with zero attached hydrogens (tertiary/aromatic N) is 2. The van der Waals surface area contributed by atoms with Crippen LogP contribution in [0, 0.1) is 0 Å². The van der Waals surface area contributed by atoms with Crippen LogP contribution in [0.5, 0.6) is 11.5 Å². The molecule has 7 heteroatoms. The smallest absolute Gasteiger partial charge is 0.264 e. The molecule has 1 N–H and O–H groups in total. The van der Waals surface area contributed by atoms with E-state index in [1.54, 1.807) is 25.3 Å². The molecule has 1 heterocycles. The van der Waals surface area contributed by atoms with Crippen molar-refractivity contribution in [2.45, 2.75) is 6.61 Å². The van der Waals surface area contributed by atoms with Crippen molar-refractivity contribution in [3.05, 3.63) is 102 Å². The zero-order valence-corrected chi connectivity index (χ0v) is 18.4. The van der Waals surface area contributed by atoms with Gasteiger partial charge < -0.3 is 19.3 Å². The van der Waals surface area contributed by atoms with Gasteiger partial charge in [-0.1, -0.05) is 71.9 Å². The molecule has 4 aromatic carbocycles. The summed E-state index contributed by atoms with van der Waals surface area (Å²) in [4.78, 5) is 17.7. The number of hydrogen-bond donors (Lipinski definition) is 1. The predicted molar refractivity (Wildman–Crippen MR) is 129 cm³/mol. The molecule has 0 radical (unpaired) electrons. The molecule has 5 aromatic rings. The van der Waals surface area contributed by atoms with E-state index in [0.717, 1.165) is 16.3 Å². The van der Waals surface area contributed by atoms with E-state index in [9.17, 15) is 4.79 Å². The largest absolute Gasteiger partial charge is 0.495 e. The third-order valence-electron chi connectivity index (χ3n) is 5.30. The summed E-state index contributed by atoms with van der Waals surface area (Å²) in [6, 6.07) is 28.2. The van der Waals surface area contributed by atoms with Crippen molar-refractivity contribution < 1.29 is 18.8 Å². The normalized spacial score (nSPS) is 10.7. The van der Waals surface area contributed by atoms with E-state index in [4.69, 9.17) is 14.0 Å². The number of ether oxygens (including phenoxy) is 2. The van der Waals surface area contributed by atoms with E-state index in [1.807, 2.05) is 72.8 Å². The van der Waals surface area contributed by atoms with Crippen LogP contribution in [0.4, 0.5) is 5.69 Å². The molecule has 0 aliphatic rings. The zero-order valence-electron chi connectivity index (χ0n) is 18.4. The number of rotatable bonds is 7. The first kappa shape index (κ1) is 21.2. The Morgan fingerprint density at radius 3 is 2.38 bits per heavy atom. The Hall–Kier alpha value is -4.65. The van der Waals surface area contributed by atoms with E-state index < -0.39 is 0 Å². The topological polar surface area (TPSA) is 86.5 Å². The van der Waals surface area contributed by atoms with E-state index in [0.29, 0.717) is 34.5 Å². The van der Waals surface area contributed by atoms with Crippen LogP contribution in [-0.4, -0.2) is 23.2 Å². The standard InChI is InChI=1S/C27H21N3O4/c1-32-23-14-8-7-13-22(23)28-27(31)21-15-19-11-5-6-12-20(19)16-24(21)33-17-25-29-26(30-34-25)18-9-3-2-4-10-18/h2-16H,17H2,1H3,(H,28,31). The van der Waals surface area contributed by atoms with Gasteiger partial charge >= 0.3 is 0 Å². The van der Waals surface area contributed by atoms with Crippen LogP contribution in [0.15, 0.2) is 95.5 Å². The minimum absolute atomic E-state index is 0.0209. The number of carbonyl (C=O) groups is 1. The van der Waals surface area contributed by atoms with Gasteiger partial charge in [0.25, 0.3) is 11.8 Å². The fraction of sp³-hybridized carbons (Fsp3) is 0.0741. The van der Waals surface area contributed by atoms with Crippen molar-refractivity contribution in [3.8, 4) is 22.9 Å². The van der Waals surface area contributed by atoms with Crippen molar-refractivity contribution in [3.63, 3.8) is 0 Å². The molecule has 1 aromatic heterocycles. The molecule has 7 nitrogen and oxygen atoms in total. The Morgan fingerprint density at radius 1 is 0.882 bits per heavy atom. The quantitative estimate of drug-likeness (QED) is 0.340. The number of anilines is 1. The van der Waals surface area contributed by atoms with Crippen LogP contribution < -0.4 is 14.8 Å². The van der Waals surface area contributed by atoms with Gasteiger partial charge in [-0.25, -0.2) is 0 Å². The highest BCUT2D eigenvalue weighted by atomic mass is 16.5. The summed E-state index contributed by atoms with van der Waals surface area (Å²) in [7, 11) is 1.56. The minimum Gasteiger partial charge on any atom is -0.495 e. The lowest BCUT2D eigenvalue weighted by Gasteiger charge is -2.14. The summed E-state index contributed by atoms with van der Waals surface area (Å²) in [6.45, 7) is 0.0209. The van der Waals surface area contributed by atoms with Crippen LogP contribution >= 0.6 is 0 Å². The van der Waals surface area contributed by atoms with Gasteiger partial charge in [0.1, 0.15) is 11.5 Å². The third-order valence-corrected chi connectivity index (χ3v) is 5.30. The fourth-order valence-corrected chi connectivity index (χ4v) is 3.61. The number of fused-ring (bicyclic) bond motifs is 1. The van der Waals surface area contributed by atoms with Crippen LogP contribution in [0.1, 0.15) is 16.2 Å². The molecule has 1 amide bonds. The maximum atomic E-state index is 13.2. The van der Waals surface area contributed by atoms with Gasteiger partial charge in [-0.2, -0.15) is 4.98 Å².